The highest BCUT2D eigenvalue weighted by atomic mass is 16.6. The fourth-order valence-corrected chi connectivity index (χ4v) is 2.58. The lowest BCUT2D eigenvalue weighted by Gasteiger charge is -2.21. The molecule has 1 aliphatic heterocycles. The Bertz CT molecular complexity index is 652. The maximum atomic E-state index is 12.3. The third-order valence-corrected chi connectivity index (χ3v) is 3.96. The van der Waals surface area contributed by atoms with Gasteiger partial charge in [0.1, 0.15) is 5.60 Å². The SMILES string of the molecule is CC(C)c1noc([C@]2(O)CCN(C(=O)CCNC(=O)OC(C)(C)C)C2)n1. The van der Waals surface area contributed by atoms with E-state index in [4.69, 9.17) is 9.26 Å². The first-order chi connectivity index (χ1) is 12.0. The summed E-state index contributed by atoms with van der Waals surface area (Å²) in [4.78, 5) is 29.7. The van der Waals surface area contributed by atoms with Crippen molar-refractivity contribution in [3.05, 3.63) is 11.7 Å². The molecule has 1 aromatic heterocycles. The second kappa shape index (κ2) is 7.61. The molecule has 2 rings (SSSR count). The molecule has 9 heteroatoms. The molecule has 0 bridgehead atoms. The monoisotopic (exact) mass is 368 g/mol. The first kappa shape index (κ1) is 20.2. The summed E-state index contributed by atoms with van der Waals surface area (Å²) in [5, 5.41) is 17.2. The molecular formula is C17H28N4O5. The number of nitrogens with one attached hydrogen (secondary N) is 1. The van der Waals surface area contributed by atoms with Crippen molar-refractivity contribution < 1.29 is 24.0 Å². The Kier molecular flexibility index (Phi) is 5.90. The van der Waals surface area contributed by atoms with E-state index in [1.807, 2.05) is 13.8 Å². The van der Waals surface area contributed by atoms with Crippen LogP contribution in [0.3, 0.4) is 0 Å². The van der Waals surface area contributed by atoms with Crippen molar-refractivity contribution in [3.8, 4) is 0 Å². The molecule has 1 aliphatic rings. The topological polar surface area (TPSA) is 118 Å². The number of amides is 2. The van der Waals surface area contributed by atoms with Gasteiger partial charge >= 0.3 is 6.09 Å². The first-order valence-electron chi connectivity index (χ1n) is 8.81. The predicted molar refractivity (Wildman–Crippen MR) is 92.3 cm³/mol. The third-order valence-electron chi connectivity index (χ3n) is 3.96. The lowest BCUT2D eigenvalue weighted by Crippen LogP contribution is -2.37. The van der Waals surface area contributed by atoms with Gasteiger partial charge in [0.25, 0.3) is 5.89 Å². The molecule has 0 saturated carbocycles. The molecule has 0 aromatic carbocycles. The Labute approximate surface area is 153 Å². The first-order valence-corrected chi connectivity index (χ1v) is 8.81. The van der Waals surface area contributed by atoms with Crippen LogP contribution in [0.5, 0.6) is 0 Å². The van der Waals surface area contributed by atoms with Crippen molar-refractivity contribution >= 4 is 12.0 Å². The van der Waals surface area contributed by atoms with Crippen LogP contribution < -0.4 is 5.32 Å². The Balaban J connectivity index is 1.83. The summed E-state index contributed by atoms with van der Waals surface area (Å²) in [5.41, 5.74) is -1.91. The van der Waals surface area contributed by atoms with Crippen LogP contribution in [0.2, 0.25) is 0 Å². The van der Waals surface area contributed by atoms with Crippen molar-refractivity contribution in [1.29, 1.82) is 0 Å². The van der Waals surface area contributed by atoms with Gasteiger partial charge in [0.05, 0.1) is 6.54 Å². The standard InChI is InChI=1S/C17H28N4O5/c1-11(2)13-19-14(26-20-13)17(24)7-9-21(10-17)12(22)6-8-18-15(23)25-16(3,4)5/h11,24H,6-10H2,1-5H3,(H,18,23)/t17-/m0/s1. The quantitative estimate of drug-likeness (QED) is 0.809. The summed E-state index contributed by atoms with van der Waals surface area (Å²) in [6.07, 6.45) is -0.107. The Morgan fingerprint density at radius 3 is 2.69 bits per heavy atom. The van der Waals surface area contributed by atoms with Gasteiger partial charge in [-0.05, 0) is 20.8 Å². The number of ether oxygens (including phenoxy) is 1. The second-order valence-corrected chi connectivity index (χ2v) is 7.89. The number of likely N-dealkylation sites (tertiary alicyclic amines) is 1. The van der Waals surface area contributed by atoms with Crippen molar-refractivity contribution in [1.82, 2.24) is 20.4 Å². The summed E-state index contributed by atoms with van der Waals surface area (Å²) in [5.74, 6) is 0.595. The number of carbonyl (C=O) groups excluding carboxylic acids is 2. The number of rotatable bonds is 5. The van der Waals surface area contributed by atoms with Crippen LogP contribution in [0.15, 0.2) is 4.52 Å². The normalized spacial score (nSPS) is 20.5. The van der Waals surface area contributed by atoms with E-state index in [0.29, 0.717) is 18.8 Å². The van der Waals surface area contributed by atoms with Gasteiger partial charge in [-0.15, -0.1) is 0 Å². The molecule has 146 valence electrons. The highest BCUT2D eigenvalue weighted by molar-refractivity contribution is 5.77. The summed E-state index contributed by atoms with van der Waals surface area (Å²) in [7, 11) is 0. The van der Waals surface area contributed by atoms with Crippen LogP contribution in [-0.2, 0) is 15.1 Å². The summed E-state index contributed by atoms with van der Waals surface area (Å²) in [6.45, 7) is 9.82. The zero-order chi connectivity index (χ0) is 19.5. The smallest absolute Gasteiger partial charge is 0.407 e. The van der Waals surface area contributed by atoms with Crippen LogP contribution in [0, 0.1) is 0 Å². The third kappa shape index (κ3) is 5.17. The van der Waals surface area contributed by atoms with E-state index in [1.54, 1.807) is 20.8 Å². The molecule has 2 N–H and O–H groups in total. The van der Waals surface area contributed by atoms with Crippen LogP contribution in [0.25, 0.3) is 0 Å². The number of hydrogen-bond acceptors (Lipinski definition) is 7. The lowest BCUT2D eigenvalue weighted by atomic mass is 10.0. The number of carbonyl (C=O) groups is 2. The van der Waals surface area contributed by atoms with Gasteiger partial charge in [0.2, 0.25) is 5.91 Å². The fourth-order valence-electron chi connectivity index (χ4n) is 2.58. The minimum atomic E-state index is -1.33. The number of nitrogens with zero attached hydrogens (tertiary/aromatic N) is 3. The van der Waals surface area contributed by atoms with Gasteiger partial charge in [-0.3, -0.25) is 4.79 Å². The van der Waals surface area contributed by atoms with E-state index in [1.165, 1.54) is 4.90 Å². The van der Waals surface area contributed by atoms with Gasteiger partial charge in [-0.1, -0.05) is 19.0 Å². The second-order valence-electron chi connectivity index (χ2n) is 7.89. The van der Waals surface area contributed by atoms with Gasteiger partial charge in [-0.2, -0.15) is 4.98 Å². The number of aliphatic hydroxyl groups is 1. The number of hydrogen-bond donors (Lipinski definition) is 2. The maximum Gasteiger partial charge on any atom is 0.407 e. The van der Waals surface area contributed by atoms with E-state index in [-0.39, 0.29) is 37.2 Å². The molecule has 0 radical (unpaired) electrons. The van der Waals surface area contributed by atoms with Gasteiger partial charge in [-0.25, -0.2) is 4.79 Å². The molecule has 1 aromatic rings. The van der Waals surface area contributed by atoms with E-state index < -0.39 is 17.3 Å². The average Bonchev–Trinajstić information content (AvgIpc) is 3.13. The molecule has 26 heavy (non-hydrogen) atoms. The summed E-state index contributed by atoms with van der Waals surface area (Å²) < 4.78 is 10.3. The van der Waals surface area contributed by atoms with Crippen LogP contribution in [0.1, 0.15) is 65.1 Å². The zero-order valence-corrected chi connectivity index (χ0v) is 16.0. The van der Waals surface area contributed by atoms with Crippen molar-refractivity contribution in [2.75, 3.05) is 19.6 Å². The molecule has 1 atom stereocenters. The molecule has 1 saturated heterocycles. The predicted octanol–water partition coefficient (Wildman–Crippen LogP) is 1.53. The molecule has 2 heterocycles. The van der Waals surface area contributed by atoms with E-state index in [0.717, 1.165) is 0 Å². The largest absolute Gasteiger partial charge is 0.444 e. The minimum Gasteiger partial charge on any atom is -0.444 e. The Hall–Kier alpha value is -2.16. The van der Waals surface area contributed by atoms with Gasteiger partial charge < -0.3 is 24.6 Å². The zero-order valence-electron chi connectivity index (χ0n) is 16.0. The highest BCUT2D eigenvalue weighted by Gasteiger charge is 2.44. The maximum absolute atomic E-state index is 12.3. The molecule has 0 unspecified atom stereocenters. The van der Waals surface area contributed by atoms with Crippen LogP contribution >= 0.6 is 0 Å². The molecule has 2 amide bonds. The van der Waals surface area contributed by atoms with Crippen molar-refractivity contribution in [3.63, 3.8) is 0 Å². The Morgan fingerprint density at radius 2 is 2.12 bits per heavy atom. The fraction of sp³-hybridized carbons (Fsp3) is 0.765. The molecule has 1 fully saturated rings. The average molecular weight is 368 g/mol. The van der Waals surface area contributed by atoms with Crippen molar-refractivity contribution in [2.45, 2.75) is 64.6 Å². The summed E-state index contributed by atoms with van der Waals surface area (Å²) in [6, 6.07) is 0. The highest BCUT2D eigenvalue weighted by Crippen LogP contribution is 2.31. The minimum absolute atomic E-state index is 0.0918. The van der Waals surface area contributed by atoms with E-state index in [2.05, 4.69) is 15.5 Å². The molecule has 0 spiro atoms. The molecule has 9 nitrogen and oxygen atoms in total. The van der Waals surface area contributed by atoms with Crippen LogP contribution in [-0.4, -0.2) is 57.4 Å². The van der Waals surface area contributed by atoms with E-state index in [9.17, 15) is 14.7 Å². The van der Waals surface area contributed by atoms with Crippen molar-refractivity contribution in [2.24, 2.45) is 0 Å². The van der Waals surface area contributed by atoms with E-state index >= 15 is 0 Å². The molecule has 0 aliphatic carbocycles. The van der Waals surface area contributed by atoms with Gasteiger partial charge in [0, 0.05) is 31.8 Å². The number of β-amino-alcohol motifs (C(OH)–C–C–N with tert-alkyl or cyclic N) is 1. The molecular weight excluding hydrogens is 340 g/mol. The lowest BCUT2D eigenvalue weighted by molar-refractivity contribution is -0.131. The van der Waals surface area contributed by atoms with Crippen LogP contribution in [0.4, 0.5) is 4.79 Å². The number of alkyl carbamates (subject to hydrolysis) is 1. The number of aromatic nitrogens is 2. The summed E-state index contributed by atoms with van der Waals surface area (Å²) >= 11 is 0. The van der Waals surface area contributed by atoms with Gasteiger partial charge in [0.15, 0.2) is 11.4 Å². The Morgan fingerprint density at radius 1 is 1.42 bits per heavy atom.